The number of aromatic nitrogens is 1. The van der Waals surface area contributed by atoms with Gasteiger partial charge in [-0.25, -0.2) is 0 Å². The molecule has 3 rings (SSSR count). The van der Waals surface area contributed by atoms with E-state index in [-0.39, 0.29) is 11.3 Å². The molecule has 1 aromatic carbocycles. The van der Waals surface area contributed by atoms with Gasteiger partial charge in [0.2, 0.25) is 0 Å². The first-order chi connectivity index (χ1) is 13.4. The summed E-state index contributed by atoms with van der Waals surface area (Å²) in [6.07, 6.45) is 3.95. The van der Waals surface area contributed by atoms with Gasteiger partial charge in [-0.15, -0.1) is 0 Å². The van der Waals surface area contributed by atoms with E-state index in [1.54, 1.807) is 48.8 Å². The molecule has 2 aromatic rings. The minimum atomic E-state index is -0.689. The van der Waals surface area contributed by atoms with E-state index in [0.717, 1.165) is 6.54 Å². The Hall–Kier alpha value is -2.70. The average Bonchev–Trinajstić information content (AvgIpc) is 2.93. The number of aliphatic hydroxyl groups is 1. The predicted octanol–water partition coefficient (Wildman–Crippen LogP) is 3.11. The van der Waals surface area contributed by atoms with E-state index >= 15 is 0 Å². The summed E-state index contributed by atoms with van der Waals surface area (Å²) >= 11 is 5.92. The highest BCUT2D eigenvalue weighted by Crippen LogP contribution is 2.39. The van der Waals surface area contributed by atoms with Crippen molar-refractivity contribution in [2.75, 3.05) is 27.2 Å². The molecule has 0 aliphatic carbocycles. The maximum absolute atomic E-state index is 12.8. The first kappa shape index (κ1) is 20.0. The lowest BCUT2D eigenvalue weighted by Crippen LogP contribution is -2.32. The highest BCUT2D eigenvalue weighted by Gasteiger charge is 2.45. The van der Waals surface area contributed by atoms with Crippen molar-refractivity contribution in [1.82, 2.24) is 14.8 Å². The third-order valence-corrected chi connectivity index (χ3v) is 4.91. The van der Waals surface area contributed by atoms with Gasteiger partial charge in [-0.2, -0.15) is 0 Å². The fourth-order valence-corrected chi connectivity index (χ4v) is 3.44. The fraction of sp³-hybridized carbons (Fsp3) is 0.286. The van der Waals surface area contributed by atoms with Gasteiger partial charge in [-0.3, -0.25) is 14.6 Å². The van der Waals surface area contributed by atoms with Gasteiger partial charge in [0, 0.05) is 29.5 Å². The number of ketones is 1. The van der Waals surface area contributed by atoms with E-state index in [0.29, 0.717) is 29.1 Å². The molecule has 28 heavy (non-hydrogen) atoms. The summed E-state index contributed by atoms with van der Waals surface area (Å²) < 4.78 is 0. The summed E-state index contributed by atoms with van der Waals surface area (Å²) in [6, 6.07) is 9.38. The molecular formula is C21H22ClN3O3. The number of hydrogen-bond acceptors (Lipinski definition) is 5. The number of pyridine rings is 1. The van der Waals surface area contributed by atoms with Crippen molar-refractivity contribution in [3.63, 3.8) is 0 Å². The monoisotopic (exact) mass is 399 g/mol. The quantitative estimate of drug-likeness (QED) is 0.459. The second-order valence-corrected chi connectivity index (χ2v) is 7.38. The molecule has 1 aromatic heterocycles. The molecular weight excluding hydrogens is 378 g/mol. The van der Waals surface area contributed by atoms with E-state index in [2.05, 4.69) is 4.98 Å². The Morgan fingerprint density at radius 2 is 1.93 bits per heavy atom. The molecule has 146 valence electrons. The number of rotatable bonds is 6. The Balaban J connectivity index is 2.06. The number of benzene rings is 1. The Morgan fingerprint density at radius 1 is 1.21 bits per heavy atom. The third-order valence-electron chi connectivity index (χ3n) is 4.66. The Labute approximate surface area is 169 Å². The van der Waals surface area contributed by atoms with Crippen LogP contribution in [-0.2, 0) is 9.59 Å². The van der Waals surface area contributed by atoms with E-state index in [9.17, 15) is 14.7 Å². The van der Waals surface area contributed by atoms with Crippen LogP contribution in [0.5, 0.6) is 0 Å². The Morgan fingerprint density at radius 3 is 2.54 bits per heavy atom. The number of Topliss-reactive ketones (excluding diaryl/α,β-unsaturated/α-hetero) is 1. The normalized spacial score (nSPS) is 18.9. The van der Waals surface area contributed by atoms with E-state index in [1.165, 1.54) is 4.90 Å². The predicted molar refractivity (Wildman–Crippen MR) is 108 cm³/mol. The molecule has 0 saturated carbocycles. The molecule has 6 nitrogen and oxygen atoms in total. The summed E-state index contributed by atoms with van der Waals surface area (Å²) in [5.41, 5.74) is 1.19. The van der Waals surface area contributed by atoms with Crippen molar-refractivity contribution in [3.8, 4) is 0 Å². The Kier molecular flexibility index (Phi) is 6.11. The van der Waals surface area contributed by atoms with Gasteiger partial charge in [-0.05, 0) is 63.0 Å². The maximum Gasteiger partial charge on any atom is 0.295 e. The first-order valence-electron chi connectivity index (χ1n) is 8.99. The van der Waals surface area contributed by atoms with E-state index < -0.39 is 17.7 Å². The number of carbonyl (C=O) groups excluding carboxylic acids is 2. The second-order valence-electron chi connectivity index (χ2n) is 6.94. The summed E-state index contributed by atoms with van der Waals surface area (Å²) in [6.45, 7) is 1.18. The molecule has 0 spiro atoms. The van der Waals surface area contributed by atoms with Gasteiger partial charge in [0.1, 0.15) is 5.76 Å². The minimum Gasteiger partial charge on any atom is -0.507 e. The molecule has 7 heteroatoms. The molecule has 1 amide bonds. The number of hydrogen-bond donors (Lipinski definition) is 1. The van der Waals surface area contributed by atoms with Crippen LogP contribution in [0.3, 0.4) is 0 Å². The summed E-state index contributed by atoms with van der Waals surface area (Å²) in [5.74, 6) is -1.51. The van der Waals surface area contributed by atoms with Gasteiger partial charge < -0.3 is 14.9 Å². The lowest BCUT2D eigenvalue weighted by atomic mass is 9.96. The second kappa shape index (κ2) is 8.54. The SMILES string of the molecule is CN(C)CCCN1C(=O)C(=O)C(=C(O)c2ccc(Cl)cc2)[C@H]1c1cccnc1. The van der Waals surface area contributed by atoms with Crippen molar-refractivity contribution in [2.45, 2.75) is 12.5 Å². The van der Waals surface area contributed by atoms with Gasteiger partial charge >= 0.3 is 0 Å². The van der Waals surface area contributed by atoms with Crippen molar-refractivity contribution < 1.29 is 14.7 Å². The van der Waals surface area contributed by atoms with Crippen LogP contribution in [-0.4, -0.2) is 58.8 Å². The fourth-order valence-electron chi connectivity index (χ4n) is 3.32. The number of likely N-dealkylation sites (tertiary alicyclic amines) is 1. The molecule has 1 saturated heterocycles. The molecule has 0 unspecified atom stereocenters. The van der Waals surface area contributed by atoms with Crippen LogP contribution >= 0.6 is 11.6 Å². The molecule has 1 atom stereocenters. The summed E-state index contributed by atoms with van der Waals surface area (Å²) in [4.78, 5) is 33.2. The highest BCUT2D eigenvalue weighted by atomic mass is 35.5. The number of halogens is 1. The van der Waals surface area contributed by atoms with Gasteiger partial charge in [0.05, 0.1) is 11.6 Å². The number of carbonyl (C=O) groups is 2. The summed E-state index contributed by atoms with van der Waals surface area (Å²) in [5, 5.41) is 11.4. The third kappa shape index (κ3) is 4.08. The maximum atomic E-state index is 12.8. The number of nitrogens with zero attached hydrogens (tertiary/aromatic N) is 3. The van der Waals surface area contributed by atoms with Crippen molar-refractivity contribution in [1.29, 1.82) is 0 Å². The van der Waals surface area contributed by atoms with Crippen molar-refractivity contribution >= 4 is 29.1 Å². The Bertz CT molecular complexity index is 895. The van der Waals surface area contributed by atoms with Crippen LogP contribution in [0, 0.1) is 0 Å². The van der Waals surface area contributed by atoms with Crippen LogP contribution in [0.25, 0.3) is 5.76 Å². The van der Waals surface area contributed by atoms with Crippen molar-refractivity contribution in [2.24, 2.45) is 0 Å². The highest BCUT2D eigenvalue weighted by molar-refractivity contribution is 6.46. The molecule has 1 N–H and O–H groups in total. The molecule has 0 radical (unpaired) electrons. The minimum absolute atomic E-state index is 0.0742. The van der Waals surface area contributed by atoms with Gasteiger partial charge in [0.15, 0.2) is 0 Å². The molecule has 1 fully saturated rings. The zero-order chi connectivity index (χ0) is 20.3. The zero-order valence-electron chi connectivity index (χ0n) is 15.8. The topological polar surface area (TPSA) is 73.7 Å². The number of amides is 1. The van der Waals surface area contributed by atoms with E-state index in [1.807, 2.05) is 19.0 Å². The number of aliphatic hydroxyl groups excluding tert-OH is 1. The van der Waals surface area contributed by atoms with E-state index in [4.69, 9.17) is 11.6 Å². The molecule has 0 bridgehead atoms. The smallest absolute Gasteiger partial charge is 0.295 e. The van der Waals surface area contributed by atoms with Gasteiger partial charge in [-0.1, -0.05) is 17.7 Å². The van der Waals surface area contributed by atoms with Crippen LogP contribution in [0.4, 0.5) is 0 Å². The molecule has 2 heterocycles. The van der Waals surface area contributed by atoms with Crippen molar-refractivity contribution in [3.05, 3.63) is 70.5 Å². The van der Waals surface area contributed by atoms with Gasteiger partial charge in [0.25, 0.3) is 11.7 Å². The first-order valence-corrected chi connectivity index (χ1v) is 9.37. The lowest BCUT2D eigenvalue weighted by molar-refractivity contribution is -0.139. The van der Waals surface area contributed by atoms with Crippen LogP contribution in [0.15, 0.2) is 54.4 Å². The van der Waals surface area contributed by atoms with Crippen LogP contribution in [0.2, 0.25) is 5.02 Å². The van der Waals surface area contributed by atoms with Crippen LogP contribution in [0.1, 0.15) is 23.6 Å². The average molecular weight is 400 g/mol. The van der Waals surface area contributed by atoms with Crippen LogP contribution < -0.4 is 0 Å². The molecule has 1 aliphatic rings. The lowest BCUT2D eigenvalue weighted by Gasteiger charge is -2.25. The largest absolute Gasteiger partial charge is 0.507 e. The summed E-state index contributed by atoms with van der Waals surface area (Å²) in [7, 11) is 3.90. The molecule has 1 aliphatic heterocycles. The standard InChI is InChI=1S/C21H22ClN3O3/c1-24(2)11-4-12-25-18(15-5-3-10-23-13-15)17(20(27)21(25)28)19(26)14-6-8-16(22)9-7-14/h3,5-10,13,18,26H,4,11-12H2,1-2H3/t18-/m1/s1. The zero-order valence-corrected chi connectivity index (χ0v) is 16.6.